The summed E-state index contributed by atoms with van der Waals surface area (Å²) in [5, 5.41) is 13.4. The van der Waals surface area contributed by atoms with E-state index in [2.05, 4.69) is 27.9 Å². The van der Waals surface area contributed by atoms with E-state index in [9.17, 15) is 10.1 Å². The average Bonchev–Trinajstić information content (AvgIpc) is 2.98. The Morgan fingerprint density at radius 2 is 1.60 bits per heavy atom. The number of ether oxygens (including phenoxy) is 3. The van der Waals surface area contributed by atoms with Gasteiger partial charge in [-0.2, -0.15) is 5.26 Å². The van der Waals surface area contributed by atoms with E-state index < -0.39 is 5.91 Å². The van der Waals surface area contributed by atoms with Crippen LogP contribution in [0.1, 0.15) is 29.2 Å². The molecule has 4 aromatic rings. The molecular formula is C33H27Cl2IN2O4. The second kappa shape index (κ2) is 15.0. The van der Waals surface area contributed by atoms with Gasteiger partial charge in [0.25, 0.3) is 5.91 Å². The number of nitrogens with zero attached hydrogens (tertiary/aromatic N) is 1. The first-order valence-electron chi connectivity index (χ1n) is 13.0. The normalized spacial score (nSPS) is 11.0. The molecular weight excluding hydrogens is 686 g/mol. The first-order chi connectivity index (χ1) is 20.2. The lowest BCUT2D eigenvalue weighted by Gasteiger charge is -2.15. The van der Waals surface area contributed by atoms with Crippen LogP contribution in [0.5, 0.6) is 17.2 Å². The van der Waals surface area contributed by atoms with Crippen LogP contribution in [0.2, 0.25) is 10.0 Å². The molecule has 1 amide bonds. The number of hydrogen-bond acceptors (Lipinski definition) is 5. The highest BCUT2D eigenvalue weighted by Crippen LogP contribution is 2.36. The highest BCUT2D eigenvalue weighted by molar-refractivity contribution is 14.1. The van der Waals surface area contributed by atoms with E-state index in [0.29, 0.717) is 51.8 Å². The van der Waals surface area contributed by atoms with E-state index in [-0.39, 0.29) is 12.2 Å². The Morgan fingerprint density at radius 3 is 2.26 bits per heavy atom. The van der Waals surface area contributed by atoms with Crippen molar-refractivity contribution >= 4 is 63.5 Å². The van der Waals surface area contributed by atoms with Gasteiger partial charge in [-0.05, 0) is 108 Å². The lowest BCUT2D eigenvalue weighted by Crippen LogP contribution is -2.13. The monoisotopic (exact) mass is 712 g/mol. The summed E-state index contributed by atoms with van der Waals surface area (Å²) in [4.78, 5) is 12.9. The summed E-state index contributed by atoms with van der Waals surface area (Å²) in [6.07, 6.45) is 1.52. The van der Waals surface area contributed by atoms with Crippen LogP contribution >= 0.6 is 45.8 Å². The molecule has 4 aromatic carbocycles. The Labute approximate surface area is 269 Å². The Bertz CT molecular complexity index is 1630. The second-order valence-electron chi connectivity index (χ2n) is 9.22. The van der Waals surface area contributed by atoms with Gasteiger partial charge >= 0.3 is 0 Å². The second-order valence-corrected chi connectivity index (χ2v) is 11.2. The van der Waals surface area contributed by atoms with Gasteiger partial charge in [-0.25, -0.2) is 0 Å². The number of carbonyl (C=O) groups excluding carboxylic acids is 1. The average molecular weight is 713 g/mol. The number of benzene rings is 4. The molecule has 0 fully saturated rings. The molecule has 214 valence electrons. The van der Waals surface area contributed by atoms with Crippen LogP contribution in [0.15, 0.2) is 84.4 Å². The van der Waals surface area contributed by atoms with Gasteiger partial charge < -0.3 is 19.5 Å². The fraction of sp³-hybridized carbons (Fsp3) is 0.152. The maximum Gasteiger partial charge on any atom is 0.266 e. The first-order valence-corrected chi connectivity index (χ1v) is 14.8. The van der Waals surface area contributed by atoms with Gasteiger partial charge in [0.05, 0.1) is 20.2 Å². The molecule has 0 saturated heterocycles. The largest absolute Gasteiger partial charge is 0.490 e. The molecule has 0 heterocycles. The molecule has 0 atom stereocenters. The number of nitrogens with one attached hydrogen (secondary N) is 1. The van der Waals surface area contributed by atoms with Gasteiger partial charge in [-0.15, -0.1) is 0 Å². The zero-order valence-corrected chi connectivity index (χ0v) is 26.6. The molecule has 0 saturated carbocycles. The van der Waals surface area contributed by atoms with Gasteiger partial charge in [0, 0.05) is 5.69 Å². The Morgan fingerprint density at radius 1 is 0.905 bits per heavy atom. The SMILES string of the molecule is CCOc1cc(/C=C(\C#N)C(=O)Nc2ccc(OCc3ccc(C)cc3)cc2)cc(I)c1OCc1ccc(Cl)c(Cl)c1. The lowest BCUT2D eigenvalue weighted by molar-refractivity contribution is -0.112. The fourth-order valence-corrected chi connectivity index (χ4v) is 4.96. The molecule has 0 aromatic heterocycles. The van der Waals surface area contributed by atoms with E-state index in [1.165, 1.54) is 11.6 Å². The van der Waals surface area contributed by atoms with Crippen molar-refractivity contribution in [3.05, 3.63) is 120 Å². The third kappa shape index (κ3) is 8.65. The van der Waals surface area contributed by atoms with Crippen molar-refractivity contribution in [2.75, 3.05) is 11.9 Å². The molecule has 0 aliphatic carbocycles. The Balaban J connectivity index is 1.44. The minimum atomic E-state index is -0.529. The molecule has 4 rings (SSSR count). The van der Waals surface area contributed by atoms with Crippen LogP contribution in [-0.4, -0.2) is 12.5 Å². The molecule has 6 nitrogen and oxygen atoms in total. The molecule has 1 N–H and O–H groups in total. The topological polar surface area (TPSA) is 80.6 Å². The minimum absolute atomic E-state index is 0.0579. The van der Waals surface area contributed by atoms with Crippen molar-refractivity contribution in [1.29, 1.82) is 5.26 Å². The molecule has 9 heteroatoms. The van der Waals surface area contributed by atoms with E-state index >= 15 is 0 Å². The minimum Gasteiger partial charge on any atom is -0.490 e. The summed E-state index contributed by atoms with van der Waals surface area (Å²) >= 11 is 14.3. The van der Waals surface area contributed by atoms with Gasteiger partial charge in [-0.3, -0.25) is 4.79 Å². The highest BCUT2D eigenvalue weighted by Gasteiger charge is 2.15. The quantitative estimate of drug-likeness (QED) is 0.0954. The van der Waals surface area contributed by atoms with Crippen molar-refractivity contribution in [2.24, 2.45) is 0 Å². The van der Waals surface area contributed by atoms with Crippen molar-refractivity contribution in [1.82, 2.24) is 0 Å². The number of amides is 1. The number of aryl methyl sites for hydroxylation is 1. The molecule has 0 radical (unpaired) electrons. The summed E-state index contributed by atoms with van der Waals surface area (Å²) in [5.41, 5.74) is 4.21. The van der Waals surface area contributed by atoms with Gasteiger partial charge in [0.2, 0.25) is 0 Å². The Hall–Kier alpha value is -3.71. The van der Waals surface area contributed by atoms with Crippen LogP contribution in [0, 0.1) is 21.8 Å². The predicted octanol–water partition coefficient (Wildman–Crippen LogP) is 9.01. The molecule has 0 aliphatic rings. The highest BCUT2D eigenvalue weighted by atomic mass is 127. The summed E-state index contributed by atoms with van der Waals surface area (Å²) in [6.45, 7) is 5.00. The van der Waals surface area contributed by atoms with E-state index in [0.717, 1.165) is 14.7 Å². The predicted molar refractivity (Wildman–Crippen MR) is 175 cm³/mol. The summed E-state index contributed by atoms with van der Waals surface area (Å²) in [7, 11) is 0. The lowest BCUT2D eigenvalue weighted by atomic mass is 10.1. The van der Waals surface area contributed by atoms with Crippen molar-refractivity contribution < 1.29 is 19.0 Å². The van der Waals surface area contributed by atoms with Crippen LogP contribution in [0.4, 0.5) is 5.69 Å². The molecule has 0 bridgehead atoms. The fourth-order valence-electron chi connectivity index (χ4n) is 3.86. The summed E-state index contributed by atoms with van der Waals surface area (Å²) in [5.74, 6) is 1.19. The third-order valence-corrected chi connectivity index (χ3v) is 7.55. The van der Waals surface area contributed by atoms with Crippen molar-refractivity contribution in [3.63, 3.8) is 0 Å². The van der Waals surface area contributed by atoms with Gasteiger partial charge in [0.15, 0.2) is 11.5 Å². The maximum atomic E-state index is 12.9. The number of anilines is 1. The third-order valence-electron chi connectivity index (χ3n) is 6.01. The maximum absolute atomic E-state index is 12.9. The number of nitriles is 1. The number of halogens is 3. The zero-order valence-electron chi connectivity index (χ0n) is 22.9. The number of hydrogen-bond donors (Lipinski definition) is 1. The van der Waals surface area contributed by atoms with Gasteiger partial charge in [-0.1, -0.05) is 59.1 Å². The van der Waals surface area contributed by atoms with Crippen LogP contribution in [0.3, 0.4) is 0 Å². The first kappa shape index (κ1) is 31.2. The number of carbonyl (C=O) groups is 1. The van der Waals surface area contributed by atoms with Crippen LogP contribution in [-0.2, 0) is 18.0 Å². The number of rotatable bonds is 11. The zero-order chi connectivity index (χ0) is 30.1. The summed E-state index contributed by atoms with van der Waals surface area (Å²) < 4.78 is 18.5. The molecule has 0 spiro atoms. The van der Waals surface area contributed by atoms with Gasteiger partial charge in [0.1, 0.15) is 30.6 Å². The van der Waals surface area contributed by atoms with Crippen molar-refractivity contribution in [3.8, 4) is 23.3 Å². The molecule has 0 aliphatic heterocycles. The Kier molecular flexibility index (Phi) is 11.1. The summed E-state index contributed by atoms with van der Waals surface area (Å²) in [6, 6.07) is 26.0. The standard InChI is InChI=1S/C33H27Cl2IN2O4/c1-3-40-31-17-24(16-30(36)32(31)42-20-23-8-13-28(34)29(35)15-23)14-25(18-37)33(39)38-26-9-11-27(12-10-26)41-19-22-6-4-21(2)5-7-22/h4-17H,3,19-20H2,1-2H3,(H,38,39)/b25-14+. The van der Waals surface area contributed by atoms with Crippen LogP contribution < -0.4 is 19.5 Å². The van der Waals surface area contributed by atoms with E-state index in [1.807, 2.05) is 56.3 Å². The molecule has 0 unspecified atom stereocenters. The van der Waals surface area contributed by atoms with E-state index in [4.69, 9.17) is 37.4 Å². The smallest absolute Gasteiger partial charge is 0.266 e. The van der Waals surface area contributed by atoms with Crippen molar-refractivity contribution in [2.45, 2.75) is 27.1 Å². The van der Waals surface area contributed by atoms with E-state index in [1.54, 1.807) is 42.5 Å². The van der Waals surface area contributed by atoms with Crippen LogP contribution in [0.25, 0.3) is 6.08 Å². The molecule has 42 heavy (non-hydrogen) atoms.